The summed E-state index contributed by atoms with van der Waals surface area (Å²) in [5, 5.41) is 0. The standard InChI is InChI=1S/C17H25N5O2/c1-19-9-11-22(17(19)24)14-16(23)21-8-2-7-20(10-12-21)13-15-3-5-18-6-4-15/h3-6H,2,7-14H2,1H3. The van der Waals surface area contributed by atoms with Crippen LogP contribution < -0.4 is 0 Å². The number of aromatic nitrogens is 1. The third-order valence-electron chi connectivity index (χ3n) is 4.73. The van der Waals surface area contributed by atoms with Crippen LogP contribution in [0.2, 0.25) is 0 Å². The molecule has 0 atom stereocenters. The van der Waals surface area contributed by atoms with Gasteiger partial charge >= 0.3 is 6.03 Å². The smallest absolute Gasteiger partial charge is 0.320 e. The molecule has 1 aromatic heterocycles. The summed E-state index contributed by atoms with van der Waals surface area (Å²) >= 11 is 0. The molecule has 2 saturated heterocycles. The van der Waals surface area contributed by atoms with Crippen molar-refractivity contribution in [3.05, 3.63) is 30.1 Å². The maximum atomic E-state index is 12.5. The van der Waals surface area contributed by atoms with Crippen LogP contribution >= 0.6 is 0 Å². The van der Waals surface area contributed by atoms with Crippen molar-refractivity contribution in [2.24, 2.45) is 0 Å². The lowest BCUT2D eigenvalue weighted by Gasteiger charge is -2.24. The second-order valence-corrected chi connectivity index (χ2v) is 6.49. The van der Waals surface area contributed by atoms with Crippen LogP contribution in [-0.2, 0) is 11.3 Å². The van der Waals surface area contributed by atoms with E-state index in [9.17, 15) is 9.59 Å². The maximum Gasteiger partial charge on any atom is 0.320 e. The largest absolute Gasteiger partial charge is 0.340 e. The molecule has 0 aromatic carbocycles. The van der Waals surface area contributed by atoms with Crippen molar-refractivity contribution >= 4 is 11.9 Å². The number of hydrogen-bond acceptors (Lipinski definition) is 4. The normalized spacial score (nSPS) is 19.7. The van der Waals surface area contributed by atoms with Crippen molar-refractivity contribution < 1.29 is 9.59 Å². The minimum Gasteiger partial charge on any atom is -0.340 e. The Hall–Kier alpha value is -2.15. The lowest BCUT2D eigenvalue weighted by atomic mass is 10.2. The van der Waals surface area contributed by atoms with Crippen molar-refractivity contribution in [1.29, 1.82) is 0 Å². The first-order chi connectivity index (χ1) is 11.6. The minimum atomic E-state index is -0.0440. The van der Waals surface area contributed by atoms with E-state index < -0.39 is 0 Å². The molecule has 0 bridgehead atoms. The van der Waals surface area contributed by atoms with Gasteiger partial charge in [0, 0.05) is 65.3 Å². The van der Waals surface area contributed by atoms with Crippen LogP contribution in [0.1, 0.15) is 12.0 Å². The number of rotatable bonds is 4. The SMILES string of the molecule is CN1CCN(CC(=O)N2CCCN(Cc3ccncc3)CC2)C1=O. The molecule has 7 nitrogen and oxygen atoms in total. The van der Waals surface area contributed by atoms with Gasteiger partial charge in [-0.15, -0.1) is 0 Å². The third kappa shape index (κ3) is 4.03. The lowest BCUT2D eigenvalue weighted by molar-refractivity contribution is -0.131. The van der Waals surface area contributed by atoms with E-state index in [0.717, 1.165) is 39.1 Å². The van der Waals surface area contributed by atoms with Crippen LogP contribution in [0.25, 0.3) is 0 Å². The second-order valence-electron chi connectivity index (χ2n) is 6.49. The van der Waals surface area contributed by atoms with Gasteiger partial charge in [0.1, 0.15) is 6.54 Å². The van der Waals surface area contributed by atoms with Crippen LogP contribution in [0, 0.1) is 0 Å². The van der Waals surface area contributed by atoms with Gasteiger partial charge in [-0.25, -0.2) is 4.79 Å². The number of pyridine rings is 1. The summed E-state index contributed by atoms with van der Waals surface area (Å²) in [4.78, 5) is 36.0. The number of likely N-dealkylation sites (N-methyl/N-ethyl adjacent to an activating group) is 1. The Balaban J connectivity index is 1.50. The molecule has 0 unspecified atom stereocenters. The summed E-state index contributed by atoms with van der Waals surface area (Å²) < 4.78 is 0. The average Bonchev–Trinajstić information content (AvgIpc) is 2.79. The van der Waals surface area contributed by atoms with Crippen molar-refractivity contribution in [1.82, 2.24) is 24.6 Å². The monoisotopic (exact) mass is 331 g/mol. The molecule has 1 aromatic rings. The van der Waals surface area contributed by atoms with Crippen LogP contribution in [0.4, 0.5) is 4.79 Å². The molecule has 0 saturated carbocycles. The fourth-order valence-electron chi connectivity index (χ4n) is 3.24. The van der Waals surface area contributed by atoms with E-state index >= 15 is 0 Å². The summed E-state index contributed by atoms with van der Waals surface area (Å²) in [6.07, 6.45) is 4.59. The number of carbonyl (C=O) groups is 2. The van der Waals surface area contributed by atoms with E-state index in [0.29, 0.717) is 13.1 Å². The Morgan fingerprint density at radius 2 is 1.88 bits per heavy atom. The van der Waals surface area contributed by atoms with Crippen molar-refractivity contribution in [2.75, 3.05) is 52.9 Å². The van der Waals surface area contributed by atoms with Gasteiger partial charge in [-0.2, -0.15) is 0 Å². The van der Waals surface area contributed by atoms with Crippen molar-refractivity contribution in [3.63, 3.8) is 0 Å². The fraction of sp³-hybridized carbons (Fsp3) is 0.588. The summed E-state index contributed by atoms with van der Waals surface area (Å²) in [7, 11) is 1.77. The summed E-state index contributed by atoms with van der Waals surface area (Å²) in [6, 6.07) is 4.02. The Morgan fingerprint density at radius 3 is 2.58 bits per heavy atom. The molecule has 24 heavy (non-hydrogen) atoms. The van der Waals surface area contributed by atoms with Crippen LogP contribution in [0.5, 0.6) is 0 Å². The molecule has 3 amide bonds. The molecule has 130 valence electrons. The number of urea groups is 1. The van der Waals surface area contributed by atoms with Gasteiger partial charge in [-0.05, 0) is 24.1 Å². The molecule has 3 rings (SSSR count). The van der Waals surface area contributed by atoms with E-state index in [-0.39, 0.29) is 18.5 Å². The second kappa shape index (κ2) is 7.61. The summed E-state index contributed by atoms with van der Waals surface area (Å²) in [5.74, 6) is 0.0596. The summed E-state index contributed by atoms with van der Waals surface area (Å²) in [6.45, 7) is 5.77. The number of nitrogens with zero attached hydrogens (tertiary/aromatic N) is 5. The van der Waals surface area contributed by atoms with Crippen LogP contribution in [0.15, 0.2) is 24.5 Å². The van der Waals surface area contributed by atoms with E-state index in [4.69, 9.17) is 0 Å². The summed E-state index contributed by atoms with van der Waals surface area (Å²) in [5.41, 5.74) is 1.25. The zero-order chi connectivity index (χ0) is 16.9. The maximum absolute atomic E-state index is 12.5. The minimum absolute atomic E-state index is 0.0440. The molecule has 0 spiro atoms. The van der Waals surface area contributed by atoms with Gasteiger partial charge in [0.2, 0.25) is 5.91 Å². The van der Waals surface area contributed by atoms with Gasteiger partial charge in [0.05, 0.1) is 0 Å². The molecule has 3 heterocycles. The highest BCUT2D eigenvalue weighted by molar-refractivity contribution is 5.85. The van der Waals surface area contributed by atoms with E-state index in [1.807, 2.05) is 29.4 Å². The lowest BCUT2D eigenvalue weighted by Crippen LogP contribution is -2.43. The van der Waals surface area contributed by atoms with Crippen LogP contribution in [0.3, 0.4) is 0 Å². The zero-order valence-electron chi connectivity index (χ0n) is 14.2. The molecule has 0 radical (unpaired) electrons. The van der Waals surface area contributed by atoms with Crippen molar-refractivity contribution in [2.45, 2.75) is 13.0 Å². The Kier molecular flexibility index (Phi) is 5.30. The Bertz CT molecular complexity index is 580. The first kappa shape index (κ1) is 16.7. The molecule has 2 aliphatic heterocycles. The molecule has 0 N–H and O–H groups in total. The molecule has 2 fully saturated rings. The molecular weight excluding hydrogens is 306 g/mol. The van der Waals surface area contributed by atoms with E-state index in [1.165, 1.54) is 5.56 Å². The predicted octanol–water partition coefficient (Wildman–Crippen LogP) is 0.483. The van der Waals surface area contributed by atoms with Crippen molar-refractivity contribution in [3.8, 4) is 0 Å². The number of carbonyl (C=O) groups excluding carboxylic acids is 2. The van der Waals surface area contributed by atoms with Gasteiger partial charge in [0.15, 0.2) is 0 Å². The van der Waals surface area contributed by atoms with E-state index in [1.54, 1.807) is 16.8 Å². The highest BCUT2D eigenvalue weighted by Crippen LogP contribution is 2.11. The molecular formula is C17H25N5O2. The van der Waals surface area contributed by atoms with E-state index in [2.05, 4.69) is 9.88 Å². The topological polar surface area (TPSA) is 60.0 Å². The molecule has 7 heteroatoms. The predicted molar refractivity (Wildman–Crippen MR) is 90.3 cm³/mol. The van der Waals surface area contributed by atoms with Gasteiger partial charge in [-0.1, -0.05) is 0 Å². The Morgan fingerprint density at radius 1 is 1.08 bits per heavy atom. The van der Waals surface area contributed by atoms with Gasteiger partial charge in [0.25, 0.3) is 0 Å². The fourth-order valence-corrected chi connectivity index (χ4v) is 3.24. The third-order valence-corrected chi connectivity index (χ3v) is 4.73. The quantitative estimate of drug-likeness (QED) is 0.805. The number of hydrogen-bond donors (Lipinski definition) is 0. The van der Waals surface area contributed by atoms with Gasteiger partial charge in [-0.3, -0.25) is 14.7 Å². The highest BCUT2D eigenvalue weighted by Gasteiger charge is 2.29. The first-order valence-corrected chi connectivity index (χ1v) is 8.52. The Labute approximate surface area is 142 Å². The highest BCUT2D eigenvalue weighted by atomic mass is 16.2. The number of amides is 3. The average molecular weight is 331 g/mol. The van der Waals surface area contributed by atoms with Crippen LogP contribution in [-0.4, -0.2) is 89.4 Å². The molecule has 0 aliphatic carbocycles. The van der Waals surface area contributed by atoms with Gasteiger partial charge < -0.3 is 14.7 Å². The first-order valence-electron chi connectivity index (χ1n) is 8.52. The zero-order valence-corrected chi connectivity index (χ0v) is 14.2. The molecule has 2 aliphatic rings.